The number of thioether (sulfide) groups is 1. The Morgan fingerprint density at radius 1 is 0.862 bits per heavy atom. The van der Waals surface area contributed by atoms with Crippen molar-refractivity contribution < 1.29 is 9.53 Å². The van der Waals surface area contributed by atoms with Crippen molar-refractivity contribution in [3.8, 4) is 0 Å². The van der Waals surface area contributed by atoms with Gasteiger partial charge in [-0.15, -0.1) is 11.8 Å². The summed E-state index contributed by atoms with van der Waals surface area (Å²) in [5, 5.41) is 3.47. The highest BCUT2D eigenvalue weighted by Gasteiger charge is 2.12. The van der Waals surface area contributed by atoms with Crippen LogP contribution in [0.3, 0.4) is 0 Å². The summed E-state index contributed by atoms with van der Waals surface area (Å²) in [4.78, 5) is 13.7. The number of rotatable bonds is 9. The summed E-state index contributed by atoms with van der Waals surface area (Å²) in [6.07, 6.45) is 0. The second-order valence-electron chi connectivity index (χ2n) is 7.14. The Morgan fingerprint density at radius 2 is 1.52 bits per heavy atom. The van der Waals surface area contributed by atoms with E-state index >= 15 is 0 Å². The van der Waals surface area contributed by atoms with Gasteiger partial charge in [0.1, 0.15) is 0 Å². The van der Waals surface area contributed by atoms with Crippen LogP contribution in [0.15, 0.2) is 83.8 Å². The van der Waals surface area contributed by atoms with Crippen molar-refractivity contribution in [1.29, 1.82) is 0 Å². The molecule has 0 radical (unpaired) electrons. The van der Waals surface area contributed by atoms with E-state index in [4.69, 9.17) is 4.74 Å². The molecule has 0 aliphatic heterocycles. The van der Waals surface area contributed by atoms with Crippen LogP contribution in [-0.2, 0) is 24.5 Å². The fourth-order valence-electron chi connectivity index (χ4n) is 2.98. The molecule has 0 bridgehead atoms. The summed E-state index contributed by atoms with van der Waals surface area (Å²) in [5.41, 5.74) is 4.05. The zero-order valence-corrected chi connectivity index (χ0v) is 17.7. The Balaban J connectivity index is 1.54. The van der Waals surface area contributed by atoms with Crippen LogP contribution in [0.25, 0.3) is 0 Å². The normalized spacial score (nSPS) is 10.9. The summed E-state index contributed by atoms with van der Waals surface area (Å²) in [7, 11) is 0. The first-order valence-electron chi connectivity index (χ1n) is 9.85. The van der Waals surface area contributed by atoms with Crippen molar-refractivity contribution >= 4 is 17.7 Å². The maximum atomic E-state index is 12.7. The molecule has 0 unspecified atom stereocenters. The fraction of sp³-hybridized carbons (Fsp3) is 0.240. The lowest BCUT2D eigenvalue weighted by molar-refractivity contribution is 0.0948. The molecule has 1 N–H and O–H groups in total. The number of nitrogens with one attached hydrogen (secondary N) is 1. The molecule has 0 spiro atoms. The van der Waals surface area contributed by atoms with Gasteiger partial charge in [-0.1, -0.05) is 80.6 Å². The zero-order valence-electron chi connectivity index (χ0n) is 16.9. The van der Waals surface area contributed by atoms with E-state index in [1.54, 1.807) is 11.8 Å². The molecule has 0 saturated carbocycles. The summed E-state index contributed by atoms with van der Waals surface area (Å²) < 4.78 is 5.82. The maximum absolute atomic E-state index is 12.7. The monoisotopic (exact) mass is 405 g/mol. The summed E-state index contributed by atoms with van der Waals surface area (Å²) in [6.45, 7) is 5.89. The van der Waals surface area contributed by atoms with Crippen LogP contribution < -0.4 is 5.32 Å². The summed E-state index contributed by atoms with van der Waals surface area (Å²) >= 11 is 1.71. The first-order chi connectivity index (χ1) is 14.1. The fourth-order valence-corrected chi connectivity index (χ4v) is 3.93. The molecular weight excluding hydrogens is 378 g/mol. The average molecular weight is 406 g/mol. The van der Waals surface area contributed by atoms with Crippen molar-refractivity contribution in [3.05, 3.63) is 101 Å². The van der Waals surface area contributed by atoms with Gasteiger partial charge in [0.15, 0.2) is 0 Å². The van der Waals surface area contributed by atoms with E-state index in [0.717, 1.165) is 27.1 Å². The SMILES string of the molecule is CC(C)Sc1ccccc1C(=O)NCc1cccc(COCc2ccccc2)c1. The predicted octanol–water partition coefficient (Wildman–Crippen LogP) is 5.83. The van der Waals surface area contributed by atoms with Gasteiger partial charge in [-0.05, 0) is 28.8 Å². The molecule has 0 aromatic heterocycles. The lowest BCUT2D eigenvalue weighted by atomic mass is 10.1. The molecule has 0 atom stereocenters. The predicted molar refractivity (Wildman–Crippen MR) is 120 cm³/mol. The molecule has 0 fully saturated rings. The van der Waals surface area contributed by atoms with E-state index in [9.17, 15) is 4.79 Å². The molecule has 3 aromatic carbocycles. The van der Waals surface area contributed by atoms with Crippen LogP contribution in [0.1, 0.15) is 40.9 Å². The van der Waals surface area contributed by atoms with Gasteiger partial charge < -0.3 is 10.1 Å². The number of hydrogen-bond acceptors (Lipinski definition) is 3. The zero-order chi connectivity index (χ0) is 20.5. The maximum Gasteiger partial charge on any atom is 0.252 e. The van der Waals surface area contributed by atoms with Crippen molar-refractivity contribution in [3.63, 3.8) is 0 Å². The smallest absolute Gasteiger partial charge is 0.252 e. The Bertz CT molecular complexity index is 925. The molecular formula is C25H27NO2S. The van der Waals surface area contributed by atoms with Crippen molar-refractivity contribution in [2.24, 2.45) is 0 Å². The lowest BCUT2D eigenvalue weighted by Gasteiger charge is -2.12. The van der Waals surface area contributed by atoms with Crippen LogP contribution in [0.2, 0.25) is 0 Å². The van der Waals surface area contributed by atoms with E-state index in [0.29, 0.717) is 25.0 Å². The Hall–Kier alpha value is -2.56. The molecule has 0 aliphatic rings. The van der Waals surface area contributed by atoms with Crippen molar-refractivity contribution in [1.82, 2.24) is 5.32 Å². The first-order valence-corrected chi connectivity index (χ1v) is 10.7. The largest absolute Gasteiger partial charge is 0.372 e. The van der Waals surface area contributed by atoms with E-state index in [1.807, 2.05) is 60.7 Å². The van der Waals surface area contributed by atoms with Gasteiger partial charge in [-0.3, -0.25) is 4.79 Å². The molecule has 3 aromatic rings. The molecule has 1 amide bonds. The minimum atomic E-state index is -0.0421. The molecule has 4 heteroatoms. The third-order valence-corrected chi connectivity index (χ3v) is 5.40. The van der Waals surface area contributed by atoms with Crippen LogP contribution >= 0.6 is 11.8 Å². The standard InChI is InChI=1S/C25H27NO2S/c1-19(2)29-24-14-7-6-13-23(24)25(27)26-16-21-11-8-12-22(15-21)18-28-17-20-9-4-3-5-10-20/h3-15,19H,16-18H2,1-2H3,(H,26,27). The number of amides is 1. The highest BCUT2D eigenvalue weighted by molar-refractivity contribution is 8.00. The van der Waals surface area contributed by atoms with E-state index < -0.39 is 0 Å². The summed E-state index contributed by atoms with van der Waals surface area (Å²) in [6, 6.07) is 26.1. The highest BCUT2D eigenvalue weighted by Crippen LogP contribution is 2.26. The van der Waals surface area contributed by atoms with Gasteiger partial charge in [0.25, 0.3) is 5.91 Å². The minimum Gasteiger partial charge on any atom is -0.372 e. The Morgan fingerprint density at radius 3 is 2.31 bits per heavy atom. The van der Waals surface area contributed by atoms with Crippen LogP contribution in [-0.4, -0.2) is 11.2 Å². The second kappa shape index (κ2) is 10.8. The molecule has 29 heavy (non-hydrogen) atoms. The summed E-state index contributed by atoms with van der Waals surface area (Å²) in [5.74, 6) is -0.0421. The molecule has 150 valence electrons. The number of hydrogen-bond donors (Lipinski definition) is 1. The first kappa shape index (κ1) is 21.2. The number of carbonyl (C=O) groups excluding carboxylic acids is 1. The molecule has 0 saturated heterocycles. The van der Waals surface area contributed by atoms with Crippen LogP contribution in [0.4, 0.5) is 0 Å². The lowest BCUT2D eigenvalue weighted by Crippen LogP contribution is -2.23. The molecule has 3 rings (SSSR count). The topological polar surface area (TPSA) is 38.3 Å². The van der Waals surface area contributed by atoms with Crippen molar-refractivity contribution in [2.75, 3.05) is 0 Å². The van der Waals surface area contributed by atoms with Gasteiger partial charge in [-0.25, -0.2) is 0 Å². The van der Waals surface area contributed by atoms with Crippen molar-refractivity contribution in [2.45, 2.75) is 43.8 Å². The second-order valence-corrected chi connectivity index (χ2v) is 8.76. The van der Waals surface area contributed by atoms with Gasteiger partial charge >= 0.3 is 0 Å². The van der Waals surface area contributed by atoms with Gasteiger partial charge in [0.2, 0.25) is 0 Å². The number of ether oxygens (including phenoxy) is 1. The Kier molecular flexibility index (Phi) is 7.91. The minimum absolute atomic E-state index is 0.0421. The quantitative estimate of drug-likeness (QED) is 0.455. The average Bonchev–Trinajstić information content (AvgIpc) is 2.73. The van der Waals surface area contributed by atoms with Crippen LogP contribution in [0.5, 0.6) is 0 Å². The molecule has 0 heterocycles. The van der Waals surface area contributed by atoms with E-state index in [-0.39, 0.29) is 5.91 Å². The van der Waals surface area contributed by atoms with Gasteiger partial charge in [-0.2, -0.15) is 0 Å². The Labute approximate surface area is 177 Å². The van der Waals surface area contributed by atoms with E-state index in [1.165, 1.54) is 0 Å². The highest BCUT2D eigenvalue weighted by atomic mass is 32.2. The third-order valence-electron chi connectivity index (χ3n) is 4.32. The van der Waals surface area contributed by atoms with Gasteiger partial charge in [0, 0.05) is 16.7 Å². The van der Waals surface area contributed by atoms with E-state index in [2.05, 4.69) is 37.4 Å². The molecule has 3 nitrogen and oxygen atoms in total. The van der Waals surface area contributed by atoms with Crippen LogP contribution in [0, 0.1) is 0 Å². The number of carbonyl (C=O) groups is 1. The van der Waals surface area contributed by atoms with Gasteiger partial charge in [0.05, 0.1) is 18.8 Å². The number of benzene rings is 3. The third kappa shape index (κ3) is 6.77. The molecule has 0 aliphatic carbocycles.